The van der Waals surface area contributed by atoms with E-state index >= 15 is 0 Å². The first kappa shape index (κ1) is 14.1. The Bertz CT molecular complexity index is 461. The SMILES string of the molecule is CC(N)CCC(=O)Nc1cc(C(N)=O)ccc1F. The Morgan fingerprint density at radius 3 is 2.67 bits per heavy atom. The van der Waals surface area contributed by atoms with Gasteiger partial charge in [0.05, 0.1) is 5.69 Å². The van der Waals surface area contributed by atoms with E-state index in [1.54, 1.807) is 6.92 Å². The molecule has 18 heavy (non-hydrogen) atoms. The molecule has 5 nitrogen and oxygen atoms in total. The Morgan fingerprint density at radius 2 is 2.11 bits per heavy atom. The monoisotopic (exact) mass is 253 g/mol. The Labute approximate surface area is 104 Å². The summed E-state index contributed by atoms with van der Waals surface area (Å²) in [5, 5.41) is 2.38. The van der Waals surface area contributed by atoms with Gasteiger partial charge in [0.1, 0.15) is 5.82 Å². The Balaban J connectivity index is 2.74. The Morgan fingerprint density at radius 1 is 1.44 bits per heavy atom. The maximum Gasteiger partial charge on any atom is 0.248 e. The first-order chi connectivity index (χ1) is 8.40. The second-order valence-electron chi connectivity index (χ2n) is 4.12. The average molecular weight is 253 g/mol. The molecule has 1 rings (SSSR count). The van der Waals surface area contributed by atoms with E-state index in [0.717, 1.165) is 6.07 Å². The molecule has 0 aliphatic rings. The summed E-state index contributed by atoms with van der Waals surface area (Å²) in [5.74, 6) is -1.65. The summed E-state index contributed by atoms with van der Waals surface area (Å²) in [4.78, 5) is 22.4. The van der Waals surface area contributed by atoms with Gasteiger partial charge in [-0.1, -0.05) is 0 Å². The molecule has 5 N–H and O–H groups in total. The van der Waals surface area contributed by atoms with E-state index in [1.807, 2.05) is 0 Å². The molecule has 0 bridgehead atoms. The molecule has 2 amide bonds. The lowest BCUT2D eigenvalue weighted by Crippen LogP contribution is -2.20. The lowest BCUT2D eigenvalue weighted by molar-refractivity contribution is -0.116. The second-order valence-corrected chi connectivity index (χ2v) is 4.12. The number of nitrogens with two attached hydrogens (primary N) is 2. The minimum atomic E-state index is -0.680. The number of amides is 2. The van der Waals surface area contributed by atoms with Gasteiger partial charge >= 0.3 is 0 Å². The van der Waals surface area contributed by atoms with Crippen molar-refractivity contribution >= 4 is 17.5 Å². The standard InChI is InChI=1S/C12H16FN3O2/c1-7(14)2-5-11(17)16-10-6-8(12(15)18)3-4-9(10)13/h3-4,6-7H,2,5,14H2,1H3,(H2,15,18)(H,16,17). The zero-order valence-corrected chi connectivity index (χ0v) is 10.1. The van der Waals surface area contributed by atoms with Crippen molar-refractivity contribution < 1.29 is 14.0 Å². The van der Waals surface area contributed by atoms with Crippen LogP contribution in [0.1, 0.15) is 30.1 Å². The number of halogens is 1. The molecule has 0 aromatic heterocycles. The molecule has 1 unspecified atom stereocenters. The fraction of sp³-hybridized carbons (Fsp3) is 0.333. The summed E-state index contributed by atoms with van der Waals surface area (Å²) in [5.41, 5.74) is 10.7. The third kappa shape index (κ3) is 4.14. The second kappa shape index (κ2) is 6.11. The maximum atomic E-state index is 13.4. The molecule has 1 aromatic rings. The van der Waals surface area contributed by atoms with Crippen LogP contribution in [0.5, 0.6) is 0 Å². The highest BCUT2D eigenvalue weighted by atomic mass is 19.1. The Kier molecular flexibility index (Phi) is 4.79. The molecule has 0 saturated heterocycles. The lowest BCUT2D eigenvalue weighted by atomic mass is 10.1. The summed E-state index contributed by atoms with van der Waals surface area (Å²) < 4.78 is 13.4. The number of rotatable bonds is 5. The van der Waals surface area contributed by atoms with Gasteiger partial charge in [-0.05, 0) is 31.5 Å². The van der Waals surface area contributed by atoms with E-state index < -0.39 is 11.7 Å². The van der Waals surface area contributed by atoms with E-state index in [9.17, 15) is 14.0 Å². The van der Waals surface area contributed by atoms with Crippen molar-refractivity contribution in [3.05, 3.63) is 29.6 Å². The van der Waals surface area contributed by atoms with Crippen LogP contribution in [0.2, 0.25) is 0 Å². The van der Waals surface area contributed by atoms with E-state index in [0.29, 0.717) is 6.42 Å². The van der Waals surface area contributed by atoms with Crippen LogP contribution in [0.3, 0.4) is 0 Å². The van der Waals surface area contributed by atoms with Gasteiger partial charge in [-0.3, -0.25) is 9.59 Å². The number of nitrogens with one attached hydrogen (secondary N) is 1. The molecule has 0 aliphatic heterocycles. The molecule has 6 heteroatoms. The Hall–Kier alpha value is -1.95. The summed E-state index contributed by atoms with van der Waals surface area (Å²) in [6.07, 6.45) is 0.695. The largest absolute Gasteiger partial charge is 0.366 e. The number of benzene rings is 1. The lowest BCUT2D eigenvalue weighted by Gasteiger charge is -2.08. The summed E-state index contributed by atoms with van der Waals surface area (Å²) in [6, 6.07) is 3.45. The normalized spacial score (nSPS) is 11.9. The maximum absolute atomic E-state index is 13.4. The quantitative estimate of drug-likeness (QED) is 0.729. The predicted molar refractivity (Wildman–Crippen MR) is 66.4 cm³/mol. The number of primary amides is 1. The van der Waals surface area contributed by atoms with Gasteiger partial charge < -0.3 is 16.8 Å². The van der Waals surface area contributed by atoms with Gasteiger partial charge in [0, 0.05) is 18.0 Å². The molecule has 1 atom stereocenters. The van der Waals surface area contributed by atoms with E-state index in [1.165, 1.54) is 12.1 Å². The van der Waals surface area contributed by atoms with Crippen molar-refractivity contribution in [1.29, 1.82) is 0 Å². The zero-order valence-electron chi connectivity index (χ0n) is 10.1. The van der Waals surface area contributed by atoms with Gasteiger partial charge in [-0.2, -0.15) is 0 Å². The first-order valence-electron chi connectivity index (χ1n) is 5.55. The van der Waals surface area contributed by atoms with Gasteiger partial charge in [-0.15, -0.1) is 0 Å². The van der Waals surface area contributed by atoms with Crippen LogP contribution in [-0.2, 0) is 4.79 Å². The van der Waals surface area contributed by atoms with Gasteiger partial charge in [0.2, 0.25) is 11.8 Å². The molecule has 0 fully saturated rings. The number of carbonyl (C=O) groups is 2. The smallest absolute Gasteiger partial charge is 0.248 e. The van der Waals surface area contributed by atoms with Crippen molar-refractivity contribution in [3.63, 3.8) is 0 Å². The first-order valence-corrected chi connectivity index (χ1v) is 5.55. The van der Waals surface area contributed by atoms with Gasteiger partial charge in [-0.25, -0.2) is 4.39 Å². The highest BCUT2D eigenvalue weighted by molar-refractivity contribution is 5.96. The molecule has 0 heterocycles. The number of carbonyl (C=O) groups excluding carboxylic acids is 2. The number of anilines is 1. The van der Waals surface area contributed by atoms with Crippen molar-refractivity contribution in [2.75, 3.05) is 5.32 Å². The molecule has 98 valence electrons. The summed E-state index contributed by atoms with van der Waals surface area (Å²) >= 11 is 0. The molecule has 0 saturated carbocycles. The van der Waals surface area contributed by atoms with Crippen LogP contribution in [0.4, 0.5) is 10.1 Å². The van der Waals surface area contributed by atoms with Crippen LogP contribution in [-0.4, -0.2) is 17.9 Å². The summed E-state index contributed by atoms with van der Waals surface area (Å²) in [6.45, 7) is 1.78. The molecule has 0 spiro atoms. The average Bonchev–Trinajstić information content (AvgIpc) is 2.29. The van der Waals surface area contributed by atoms with E-state index in [-0.39, 0.29) is 29.6 Å². The minimum Gasteiger partial charge on any atom is -0.366 e. The van der Waals surface area contributed by atoms with Gasteiger partial charge in [0.25, 0.3) is 0 Å². The van der Waals surface area contributed by atoms with E-state index in [2.05, 4.69) is 5.32 Å². The fourth-order valence-electron chi connectivity index (χ4n) is 1.35. The third-order valence-electron chi connectivity index (χ3n) is 2.35. The highest BCUT2D eigenvalue weighted by Gasteiger charge is 2.10. The number of hydrogen-bond acceptors (Lipinski definition) is 3. The fourth-order valence-corrected chi connectivity index (χ4v) is 1.35. The molecule has 0 radical (unpaired) electrons. The molecular weight excluding hydrogens is 237 g/mol. The molecule has 0 aliphatic carbocycles. The number of hydrogen-bond donors (Lipinski definition) is 3. The third-order valence-corrected chi connectivity index (χ3v) is 2.35. The van der Waals surface area contributed by atoms with Gasteiger partial charge in [0.15, 0.2) is 0 Å². The van der Waals surface area contributed by atoms with Crippen LogP contribution >= 0.6 is 0 Å². The molecular formula is C12H16FN3O2. The van der Waals surface area contributed by atoms with Crippen molar-refractivity contribution in [3.8, 4) is 0 Å². The predicted octanol–water partition coefficient (Wildman–Crippen LogP) is 0.990. The van der Waals surface area contributed by atoms with Crippen LogP contribution in [0.15, 0.2) is 18.2 Å². The van der Waals surface area contributed by atoms with Crippen molar-refractivity contribution in [2.45, 2.75) is 25.8 Å². The van der Waals surface area contributed by atoms with Crippen LogP contribution < -0.4 is 16.8 Å². The highest BCUT2D eigenvalue weighted by Crippen LogP contribution is 2.16. The van der Waals surface area contributed by atoms with E-state index in [4.69, 9.17) is 11.5 Å². The minimum absolute atomic E-state index is 0.0547. The summed E-state index contributed by atoms with van der Waals surface area (Å²) in [7, 11) is 0. The van der Waals surface area contributed by atoms with Crippen LogP contribution in [0, 0.1) is 5.82 Å². The van der Waals surface area contributed by atoms with Crippen LogP contribution in [0.25, 0.3) is 0 Å². The van der Waals surface area contributed by atoms with Crippen molar-refractivity contribution in [2.24, 2.45) is 11.5 Å². The van der Waals surface area contributed by atoms with Crippen molar-refractivity contribution in [1.82, 2.24) is 0 Å². The molecule has 1 aromatic carbocycles. The zero-order chi connectivity index (χ0) is 13.7. The topological polar surface area (TPSA) is 98.2 Å².